The number of nitrogens with zero attached hydrogens (tertiary/aromatic N) is 2. The van der Waals surface area contributed by atoms with Crippen LogP contribution < -0.4 is 0 Å². The maximum absolute atomic E-state index is 13.0. The Morgan fingerprint density at radius 3 is 2.90 bits per heavy atom. The van der Waals surface area contributed by atoms with Crippen LogP contribution in [0.3, 0.4) is 0 Å². The molecule has 0 aromatic carbocycles. The van der Waals surface area contributed by atoms with Gasteiger partial charge in [0.1, 0.15) is 0 Å². The number of halogens is 3. The van der Waals surface area contributed by atoms with Gasteiger partial charge < -0.3 is 14.0 Å². The fourth-order valence-corrected chi connectivity index (χ4v) is 2.24. The summed E-state index contributed by atoms with van der Waals surface area (Å²) < 4.78 is 50.1. The molecule has 8 heteroatoms. The summed E-state index contributed by atoms with van der Waals surface area (Å²) in [5, 5.41) is 0. The zero-order valence-corrected chi connectivity index (χ0v) is 11.6. The van der Waals surface area contributed by atoms with E-state index in [1.807, 2.05) is 0 Å². The standard InChI is InChI=1S/C13H17F3N2O3/c1-18-7-6-17-12(18)11(13(14,15)16)21-10(19)5-4-9-3-2-8-20-9/h6-7,9,11H,2-5,8H2,1H3/t9-,11+/m0/s1. The molecule has 0 aliphatic carbocycles. The minimum absolute atomic E-state index is 0.0601. The van der Waals surface area contributed by atoms with Crippen molar-refractivity contribution in [1.82, 2.24) is 9.55 Å². The lowest BCUT2D eigenvalue weighted by Gasteiger charge is -2.20. The van der Waals surface area contributed by atoms with Gasteiger partial charge in [0.2, 0.25) is 0 Å². The van der Waals surface area contributed by atoms with Crippen LogP contribution in [-0.4, -0.2) is 34.4 Å². The van der Waals surface area contributed by atoms with Crippen LogP contribution in [0.25, 0.3) is 0 Å². The van der Waals surface area contributed by atoms with Crippen molar-refractivity contribution in [3.63, 3.8) is 0 Å². The maximum atomic E-state index is 13.0. The Kier molecular flexibility index (Phi) is 4.87. The third-order valence-electron chi connectivity index (χ3n) is 3.33. The van der Waals surface area contributed by atoms with Gasteiger partial charge in [-0.2, -0.15) is 13.2 Å². The Balaban J connectivity index is 1.95. The van der Waals surface area contributed by atoms with E-state index in [2.05, 4.69) is 9.72 Å². The molecule has 21 heavy (non-hydrogen) atoms. The molecular weight excluding hydrogens is 289 g/mol. The van der Waals surface area contributed by atoms with Gasteiger partial charge >= 0.3 is 12.1 Å². The average Bonchev–Trinajstić information content (AvgIpc) is 3.03. The molecule has 1 aromatic rings. The lowest BCUT2D eigenvalue weighted by atomic mass is 10.1. The molecule has 1 aliphatic heterocycles. The summed E-state index contributed by atoms with van der Waals surface area (Å²) in [6, 6.07) is 0. The molecule has 1 saturated heterocycles. The van der Waals surface area contributed by atoms with Crippen molar-refractivity contribution in [2.45, 2.75) is 44.1 Å². The lowest BCUT2D eigenvalue weighted by Crippen LogP contribution is -2.28. The zero-order chi connectivity index (χ0) is 15.5. The van der Waals surface area contributed by atoms with E-state index in [0.717, 1.165) is 12.8 Å². The summed E-state index contributed by atoms with van der Waals surface area (Å²) in [6.07, 6.45) is -2.47. The molecule has 0 saturated carbocycles. The number of carbonyl (C=O) groups excluding carboxylic acids is 1. The van der Waals surface area contributed by atoms with Gasteiger partial charge in [0.25, 0.3) is 6.10 Å². The van der Waals surface area contributed by atoms with E-state index in [9.17, 15) is 18.0 Å². The molecule has 1 aromatic heterocycles. The van der Waals surface area contributed by atoms with Crippen LogP contribution in [0, 0.1) is 0 Å². The Hall–Kier alpha value is -1.57. The highest BCUT2D eigenvalue weighted by atomic mass is 19.4. The molecule has 1 aliphatic rings. The Bertz CT molecular complexity index is 481. The molecule has 0 amide bonds. The monoisotopic (exact) mass is 306 g/mol. The highest BCUT2D eigenvalue weighted by Gasteiger charge is 2.46. The molecule has 0 N–H and O–H groups in total. The first kappa shape index (κ1) is 15.8. The fraction of sp³-hybridized carbons (Fsp3) is 0.692. The van der Waals surface area contributed by atoms with E-state index in [1.54, 1.807) is 0 Å². The number of ether oxygens (including phenoxy) is 2. The number of carbonyl (C=O) groups is 1. The summed E-state index contributed by atoms with van der Waals surface area (Å²) in [7, 11) is 1.42. The second kappa shape index (κ2) is 6.46. The Morgan fingerprint density at radius 1 is 1.62 bits per heavy atom. The Morgan fingerprint density at radius 2 is 2.38 bits per heavy atom. The minimum Gasteiger partial charge on any atom is -0.444 e. The van der Waals surface area contributed by atoms with Crippen molar-refractivity contribution in [3.05, 3.63) is 18.2 Å². The second-order valence-electron chi connectivity index (χ2n) is 4.98. The van der Waals surface area contributed by atoms with Crippen LogP contribution in [0.2, 0.25) is 0 Å². The quantitative estimate of drug-likeness (QED) is 0.784. The fourth-order valence-electron chi connectivity index (χ4n) is 2.24. The number of aromatic nitrogens is 2. The van der Waals surface area contributed by atoms with E-state index < -0.39 is 18.2 Å². The van der Waals surface area contributed by atoms with E-state index in [-0.39, 0.29) is 18.3 Å². The molecule has 2 heterocycles. The van der Waals surface area contributed by atoms with Crippen molar-refractivity contribution in [2.24, 2.45) is 7.05 Å². The van der Waals surface area contributed by atoms with Crippen LogP contribution >= 0.6 is 0 Å². The van der Waals surface area contributed by atoms with Crippen LogP contribution in [0.4, 0.5) is 13.2 Å². The van der Waals surface area contributed by atoms with Gasteiger partial charge in [-0.25, -0.2) is 4.98 Å². The molecule has 0 unspecified atom stereocenters. The van der Waals surface area contributed by atoms with Gasteiger partial charge in [-0.3, -0.25) is 4.79 Å². The number of esters is 1. The van der Waals surface area contributed by atoms with Gasteiger partial charge in [0.15, 0.2) is 5.82 Å². The smallest absolute Gasteiger partial charge is 0.432 e. The first-order valence-electron chi connectivity index (χ1n) is 6.73. The zero-order valence-electron chi connectivity index (χ0n) is 11.6. The molecule has 2 atom stereocenters. The van der Waals surface area contributed by atoms with Gasteiger partial charge in [0.05, 0.1) is 6.10 Å². The number of alkyl halides is 3. The van der Waals surface area contributed by atoms with Crippen LogP contribution in [-0.2, 0) is 21.3 Å². The minimum atomic E-state index is -4.70. The van der Waals surface area contributed by atoms with Crippen LogP contribution in [0.1, 0.15) is 37.6 Å². The van der Waals surface area contributed by atoms with E-state index in [0.29, 0.717) is 13.0 Å². The van der Waals surface area contributed by atoms with Gasteiger partial charge in [0, 0.05) is 32.5 Å². The normalized spacial score (nSPS) is 20.5. The molecule has 118 valence electrons. The number of imidazole rings is 1. The predicted octanol–water partition coefficient (Wildman–Crippen LogP) is 2.53. The molecule has 2 rings (SSSR count). The number of hydrogen-bond donors (Lipinski definition) is 0. The van der Waals surface area contributed by atoms with Crippen molar-refractivity contribution < 1.29 is 27.4 Å². The highest BCUT2D eigenvalue weighted by molar-refractivity contribution is 5.69. The summed E-state index contributed by atoms with van der Waals surface area (Å²) in [4.78, 5) is 15.3. The lowest BCUT2D eigenvalue weighted by molar-refractivity contribution is -0.226. The Labute approximate surface area is 120 Å². The van der Waals surface area contributed by atoms with E-state index >= 15 is 0 Å². The SMILES string of the molecule is Cn1ccnc1[C@@H](OC(=O)CC[C@@H]1CCCO1)C(F)(F)F. The highest BCUT2D eigenvalue weighted by Crippen LogP contribution is 2.35. The summed E-state index contributed by atoms with van der Waals surface area (Å²) >= 11 is 0. The van der Waals surface area contributed by atoms with Crippen LogP contribution in [0.15, 0.2) is 12.4 Å². The molecular formula is C13H17F3N2O3. The van der Waals surface area contributed by atoms with E-state index in [1.165, 1.54) is 24.0 Å². The topological polar surface area (TPSA) is 53.4 Å². The molecule has 5 nitrogen and oxygen atoms in total. The maximum Gasteiger partial charge on any atom is 0.432 e. The third kappa shape index (κ3) is 4.20. The van der Waals surface area contributed by atoms with Crippen molar-refractivity contribution in [1.29, 1.82) is 0 Å². The van der Waals surface area contributed by atoms with Gasteiger partial charge in [-0.1, -0.05) is 0 Å². The van der Waals surface area contributed by atoms with E-state index in [4.69, 9.17) is 4.74 Å². The van der Waals surface area contributed by atoms with Gasteiger partial charge in [-0.05, 0) is 19.3 Å². The largest absolute Gasteiger partial charge is 0.444 e. The van der Waals surface area contributed by atoms with Crippen molar-refractivity contribution in [2.75, 3.05) is 6.61 Å². The van der Waals surface area contributed by atoms with Crippen LogP contribution in [0.5, 0.6) is 0 Å². The number of rotatable bonds is 5. The molecule has 0 radical (unpaired) electrons. The molecule has 0 bridgehead atoms. The number of hydrogen-bond acceptors (Lipinski definition) is 4. The summed E-state index contributed by atoms with van der Waals surface area (Å²) in [5.41, 5.74) is 0. The third-order valence-corrected chi connectivity index (χ3v) is 3.33. The second-order valence-corrected chi connectivity index (χ2v) is 4.98. The molecule has 1 fully saturated rings. The average molecular weight is 306 g/mol. The first-order chi connectivity index (χ1) is 9.88. The number of aryl methyl sites for hydroxylation is 1. The van der Waals surface area contributed by atoms with Crippen molar-refractivity contribution in [3.8, 4) is 0 Å². The predicted molar refractivity (Wildman–Crippen MR) is 66.3 cm³/mol. The van der Waals surface area contributed by atoms with Gasteiger partial charge in [-0.15, -0.1) is 0 Å². The first-order valence-corrected chi connectivity index (χ1v) is 6.73. The van der Waals surface area contributed by atoms with Crippen molar-refractivity contribution >= 4 is 5.97 Å². The summed E-state index contributed by atoms with van der Waals surface area (Å²) in [6.45, 7) is 0.637. The summed E-state index contributed by atoms with van der Waals surface area (Å²) in [5.74, 6) is -1.23. The molecule has 0 spiro atoms.